The summed E-state index contributed by atoms with van der Waals surface area (Å²) in [4.78, 5) is 14.6. The number of hydrogen-bond donors (Lipinski definition) is 2. The number of fused-ring (bicyclic) bond motifs is 3. The average Bonchev–Trinajstić information content (AvgIpc) is 2.43. The van der Waals surface area contributed by atoms with Crippen LogP contribution in [0.2, 0.25) is 5.02 Å². The second kappa shape index (κ2) is 5.02. The largest absolute Gasteiger partial charge is 0.508 e. The number of aromatic hydroxyl groups is 1. The molecule has 1 aromatic carbocycles. The molecule has 3 fully saturated rings. The normalized spacial score (nSPS) is 29.2. The fraction of sp³-hybridized carbons (Fsp3) is 0.500. The summed E-state index contributed by atoms with van der Waals surface area (Å²) >= 11 is 6.01. The average molecular weight is 281 g/mol. The van der Waals surface area contributed by atoms with Crippen molar-refractivity contribution < 1.29 is 9.90 Å². The molecule has 1 aromatic rings. The Kier molecular flexibility index (Phi) is 3.37. The third-order valence-electron chi connectivity index (χ3n) is 4.17. The topological polar surface area (TPSA) is 52.6 Å². The molecule has 5 heteroatoms. The van der Waals surface area contributed by atoms with Gasteiger partial charge in [0.05, 0.1) is 10.6 Å². The van der Waals surface area contributed by atoms with Crippen molar-refractivity contribution in [3.05, 3.63) is 28.8 Å². The van der Waals surface area contributed by atoms with Crippen molar-refractivity contribution >= 4 is 17.5 Å². The molecule has 1 atom stereocenters. The molecule has 0 aromatic heterocycles. The van der Waals surface area contributed by atoms with Gasteiger partial charge in [-0.3, -0.25) is 4.79 Å². The van der Waals surface area contributed by atoms with E-state index in [0.29, 0.717) is 16.5 Å². The van der Waals surface area contributed by atoms with Crippen molar-refractivity contribution in [1.82, 2.24) is 10.2 Å². The number of carbonyl (C=O) groups is 1. The Morgan fingerprint density at radius 2 is 2.11 bits per heavy atom. The van der Waals surface area contributed by atoms with Crippen molar-refractivity contribution in [1.29, 1.82) is 0 Å². The minimum Gasteiger partial charge on any atom is -0.508 e. The van der Waals surface area contributed by atoms with Crippen LogP contribution in [0.25, 0.3) is 0 Å². The van der Waals surface area contributed by atoms with Gasteiger partial charge in [0.1, 0.15) is 5.75 Å². The molecule has 0 spiro atoms. The van der Waals surface area contributed by atoms with Gasteiger partial charge in [-0.1, -0.05) is 11.6 Å². The molecule has 0 saturated carbocycles. The van der Waals surface area contributed by atoms with Gasteiger partial charge < -0.3 is 15.3 Å². The van der Waals surface area contributed by atoms with Crippen LogP contribution in [-0.2, 0) is 0 Å². The van der Waals surface area contributed by atoms with Crippen LogP contribution in [-0.4, -0.2) is 41.6 Å². The Balaban J connectivity index is 1.73. The van der Waals surface area contributed by atoms with Crippen LogP contribution in [0.4, 0.5) is 0 Å². The highest BCUT2D eigenvalue weighted by Gasteiger charge is 2.35. The molecular weight excluding hydrogens is 264 g/mol. The SMILES string of the molecule is O=C(NC1CN2CCC1CC2)c1cc(O)ccc1Cl. The van der Waals surface area contributed by atoms with Gasteiger partial charge in [-0.2, -0.15) is 0 Å². The lowest BCUT2D eigenvalue weighted by atomic mass is 9.84. The zero-order valence-electron chi connectivity index (χ0n) is 10.6. The van der Waals surface area contributed by atoms with Crippen molar-refractivity contribution in [3.8, 4) is 5.75 Å². The zero-order chi connectivity index (χ0) is 13.4. The molecule has 2 bridgehead atoms. The first kappa shape index (κ1) is 12.8. The highest BCUT2D eigenvalue weighted by Crippen LogP contribution is 2.28. The minimum absolute atomic E-state index is 0.0588. The molecule has 19 heavy (non-hydrogen) atoms. The molecule has 102 valence electrons. The Bertz CT molecular complexity index is 498. The van der Waals surface area contributed by atoms with Gasteiger partial charge >= 0.3 is 0 Å². The summed E-state index contributed by atoms with van der Waals surface area (Å²) in [5, 5.41) is 12.9. The van der Waals surface area contributed by atoms with Crippen molar-refractivity contribution in [2.75, 3.05) is 19.6 Å². The molecule has 4 nitrogen and oxygen atoms in total. The fourth-order valence-electron chi connectivity index (χ4n) is 3.06. The number of hydrogen-bond acceptors (Lipinski definition) is 3. The molecule has 4 rings (SSSR count). The molecule has 3 aliphatic heterocycles. The first-order valence-electron chi connectivity index (χ1n) is 6.65. The van der Waals surface area contributed by atoms with Gasteiger partial charge in [0.15, 0.2) is 0 Å². The number of piperidine rings is 3. The van der Waals surface area contributed by atoms with Gasteiger partial charge in [0, 0.05) is 12.6 Å². The number of nitrogens with one attached hydrogen (secondary N) is 1. The van der Waals surface area contributed by atoms with Crippen LogP contribution in [0, 0.1) is 5.92 Å². The molecule has 3 aliphatic rings. The monoisotopic (exact) mass is 280 g/mol. The predicted octanol–water partition coefficient (Wildman–Crippen LogP) is 1.87. The summed E-state index contributed by atoms with van der Waals surface area (Å²) in [5.41, 5.74) is 0.345. The molecule has 0 aliphatic carbocycles. The summed E-state index contributed by atoms with van der Waals surface area (Å²) in [6, 6.07) is 4.64. The van der Waals surface area contributed by atoms with E-state index < -0.39 is 0 Å². The molecule has 1 amide bonds. The first-order valence-corrected chi connectivity index (χ1v) is 7.03. The van der Waals surface area contributed by atoms with E-state index in [0.717, 1.165) is 32.5 Å². The van der Waals surface area contributed by atoms with Gasteiger partial charge in [0.2, 0.25) is 0 Å². The Hall–Kier alpha value is -1.26. The fourth-order valence-corrected chi connectivity index (χ4v) is 3.27. The van der Waals surface area contributed by atoms with Crippen LogP contribution in [0.1, 0.15) is 23.2 Å². The number of halogens is 1. The summed E-state index contributed by atoms with van der Waals surface area (Å²) in [6.45, 7) is 3.21. The lowest BCUT2D eigenvalue weighted by Crippen LogP contribution is -2.57. The zero-order valence-corrected chi connectivity index (χ0v) is 11.4. The van der Waals surface area contributed by atoms with Gasteiger partial charge in [0.25, 0.3) is 5.91 Å². The number of rotatable bonds is 2. The molecule has 1 unspecified atom stereocenters. The lowest BCUT2D eigenvalue weighted by molar-refractivity contribution is 0.0620. The van der Waals surface area contributed by atoms with Crippen LogP contribution < -0.4 is 5.32 Å². The number of benzene rings is 1. The van der Waals surface area contributed by atoms with Crippen LogP contribution in [0.15, 0.2) is 18.2 Å². The smallest absolute Gasteiger partial charge is 0.253 e. The number of phenolic OH excluding ortho intramolecular Hbond substituents is 1. The lowest BCUT2D eigenvalue weighted by Gasteiger charge is -2.44. The van der Waals surface area contributed by atoms with E-state index in [-0.39, 0.29) is 17.7 Å². The van der Waals surface area contributed by atoms with Crippen molar-refractivity contribution in [2.45, 2.75) is 18.9 Å². The Labute approximate surface area is 117 Å². The van der Waals surface area contributed by atoms with E-state index in [1.54, 1.807) is 6.07 Å². The van der Waals surface area contributed by atoms with Crippen LogP contribution >= 0.6 is 11.6 Å². The second-order valence-corrected chi connectivity index (χ2v) is 5.79. The number of amides is 1. The summed E-state index contributed by atoms with van der Waals surface area (Å²) in [6.07, 6.45) is 2.30. The Morgan fingerprint density at radius 1 is 1.37 bits per heavy atom. The minimum atomic E-state index is -0.195. The van der Waals surface area contributed by atoms with E-state index in [1.807, 2.05) is 0 Å². The molecule has 3 saturated heterocycles. The summed E-state index contributed by atoms with van der Waals surface area (Å²) < 4.78 is 0. The van der Waals surface area contributed by atoms with Crippen LogP contribution in [0.5, 0.6) is 5.75 Å². The quantitative estimate of drug-likeness (QED) is 0.870. The summed E-state index contributed by atoms with van der Waals surface area (Å²) in [5.74, 6) is 0.438. The first-order chi connectivity index (χ1) is 9.13. The molecule has 3 heterocycles. The van der Waals surface area contributed by atoms with Crippen molar-refractivity contribution in [2.24, 2.45) is 5.92 Å². The highest BCUT2D eigenvalue weighted by atomic mass is 35.5. The maximum absolute atomic E-state index is 12.2. The van der Waals surface area contributed by atoms with Crippen LogP contribution in [0.3, 0.4) is 0 Å². The van der Waals surface area contributed by atoms with E-state index in [2.05, 4.69) is 10.2 Å². The summed E-state index contributed by atoms with van der Waals surface area (Å²) in [7, 11) is 0. The van der Waals surface area contributed by atoms with E-state index >= 15 is 0 Å². The van der Waals surface area contributed by atoms with E-state index in [9.17, 15) is 9.90 Å². The van der Waals surface area contributed by atoms with Gasteiger partial charge in [-0.05, 0) is 50.0 Å². The van der Waals surface area contributed by atoms with Gasteiger partial charge in [-0.15, -0.1) is 0 Å². The molecule has 2 N–H and O–H groups in total. The third kappa shape index (κ3) is 2.55. The number of carbonyl (C=O) groups excluding carboxylic acids is 1. The predicted molar refractivity (Wildman–Crippen MR) is 73.5 cm³/mol. The molecule has 0 radical (unpaired) electrons. The third-order valence-corrected chi connectivity index (χ3v) is 4.50. The standard InChI is InChI=1S/C14H17ClN2O2/c15-12-2-1-10(18)7-11(12)14(19)16-13-8-17-5-3-9(13)4-6-17/h1-2,7,9,13,18H,3-6,8H2,(H,16,19). The maximum atomic E-state index is 12.2. The number of phenols is 1. The highest BCUT2D eigenvalue weighted by molar-refractivity contribution is 6.33. The maximum Gasteiger partial charge on any atom is 0.253 e. The Morgan fingerprint density at radius 3 is 2.74 bits per heavy atom. The number of nitrogens with zero attached hydrogens (tertiary/aromatic N) is 1. The van der Waals surface area contributed by atoms with Crippen molar-refractivity contribution in [3.63, 3.8) is 0 Å². The van der Waals surface area contributed by atoms with E-state index in [1.165, 1.54) is 12.1 Å². The van der Waals surface area contributed by atoms with Gasteiger partial charge in [-0.25, -0.2) is 0 Å². The second-order valence-electron chi connectivity index (χ2n) is 5.38. The van der Waals surface area contributed by atoms with E-state index in [4.69, 9.17) is 11.6 Å². The molecular formula is C14H17ClN2O2.